The molecule has 0 radical (unpaired) electrons. The minimum absolute atomic E-state index is 0.142. The Morgan fingerprint density at radius 3 is 1.86 bits per heavy atom. The predicted molar refractivity (Wildman–Crippen MR) is 145 cm³/mol. The highest BCUT2D eigenvalue weighted by Crippen LogP contribution is 2.46. The number of hydrogen-bond donors (Lipinski definition) is 0. The van der Waals surface area contributed by atoms with Crippen LogP contribution in [0.1, 0.15) is 20.8 Å². The summed E-state index contributed by atoms with van der Waals surface area (Å²) < 4.78 is 15.5. The fourth-order valence-electron chi connectivity index (χ4n) is 3.34. The van der Waals surface area contributed by atoms with E-state index >= 15 is 0 Å². The third-order valence-electron chi connectivity index (χ3n) is 5.00. The summed E-state index contributed by atoms with van der Waals surface area (Å²) >= 11 is 9.60. The average Bonchev–Trinajstić information content (AvgIpc) is 3.64. The Kier molecular flexibility index (Phi) is 8.23. The summed E-state index contributed by atoms with van der Waals surface area (Å²) in [5, 5.41) is 0. The Balaban J connectivity index is 1.72. The lowest BCUT2D eigenvalue weighted by molar-refractivity contribution is -0.140. The Morgan fingerprint density at radius 2 is 1.26 bits per heavy atom. The van der Waals surface area contributed by atoms with E-state index in [0.29, 0.717) is 4.88 Å². The molecule has 11 heteroatoms. The minimum atomic E-state index is -0.374. The molecule has 4 aromatic heterocycles. The van der Waals surface area contributed by atoms with E-state index in [-0.39, 0.29) is 30.7 Å². The second-order valence-electron chi connectivity index (χ2n) is 7.20. The maximum absolute atomic E-state index is 12.1. The molecule has 0 atom stereocenters. The number of rotatable bonds is 8. The smallest absolute Gasteiger partial charge is 0.348 e. The molecule has 0 aliphatic rings. The normalized spacial score (nSPS) is 10.9. The van der Waals surface area contributed by atoms with Crippen LogP contribution in [0.3, 0.4) is 0 Å². The lowest BCUT2D eigenvalue weighted by atomic mass is 10.1. The van der Waals surface area contributed by atoms with E-state index in [1.807, 2.05) is 30.3 Å². The van der Waals surface area contributed by atoms with E-state index in [4.69, 9.17) is 14.2 Å². The van der Waals surface area contributed by atoms with Gasteiger partial charge in [0.1, 0.15) is 4.88 Å². The van der Waals surface area contributed by atoms with Crippen molar-refractivity contribution in [3.8, 4) is 29.3 Å². The van der Waals surface area contributed by atoms with E-state index in [9.17, 15) is 14.4 Å². The topological polar surface area (TPSA) is 78.9 Å². The first kappa shape index (κ1) is 25.8. The van der Waals surface area contributed by atoms with Crippen LogP contribution in [0, 0.1) is 0 Å². The van der Waals surface area contributed by atoms with Gasteiger partial charge in [0.2, 0.25) is 0 Å². The Morgan fingerprint density at radius 1 is 0.686 bits per heavy atom. The summed E-state index contributed by atoms with van der Waals surface area (Å²) in [7, 11) is 4.11. The van der Waals surface area contributed by atoms with Crippen LogP contribution in [0.25, 0.3) is 29.3 Å². The molecule has 4 heterocycles. The fraction of sp³-hybridized carbons (Fsp3) is 0.208. The molecule has 0 bridgehead atoms. The third kappa shape index (κ3) is 5.75. The van der Waals surface area contributed by atoms with Crippen LogP contribution in [-0.2, 0) is 36.6 Å². The van der Waals surface area contributed by atoms with Gasteiger partial charge in [-0.1, -0.05) is 0 Å². The molecule has 0 spiro atoms. The molecular weight excluding hydrogens is 592 g/mol. The van der Waals surface area contributed by atoms with Crippen molar-refractivity contribution in [2.45, 2.75) is 12.8 Å². The zero-order valence-electron chi connectivity index (χ0n) is 18.8. The summed E-state index contributed by atoms with van der Waals surface area (Å²) in [4.78, 5) is 42.3. The molecule has 0 amide bonds. The Hall–Kier alpha value is -2.31. The molecule has 0 fully saturated rings. The average molecular weight is 612 g/mol. The van der Waals surface area contributed by atoms with Crippen LogP contribution in [0.5, 0.6) is 0 Å². The number of thiophene rings is 4. The van der Waals surface area contributed by atoms with Gasteiger partial charge in [0.15, 0.2) is 0 Å². The van der Waals surface area contributed by atoms with Gasteiger partial charge in [0.25, 0.3) is 0 Å². The SMILES string of the molecule is COC(=O)Cc1cc(Br)sc1-c1ccc(-c2sc(-c3ccc(C(=O)OC)s3)cc2CC(=O)OC)s1. The second kappa shape index (κ2) is 11.2. The number of hydrogen-bond acceptors (Lipinski definition) is 10. The quantitative estimate of drug-likeness (QED) is 0.159. The fourth-order valence-corrected chi connectivity index (χ4v) is 8.49. The van der Waals surface area contributed by atoms with Gasteiger partial charge < -0.3 is 14.2 Å². The minimum Gasteiger partial charge on any atom is -0.469 e. The molecule has 0 saturated carbocycles. The molecule has 182 valence electrons. The first-order valence-electron chi connectivity index (χ1n) is 10.2. The van der Waals surface area contributed by atoms with Crippen molar-refractivity contribution in [1.29, 1.82) is 0 Å². The predicted octanol–water partition coefficient (Wildman–Crippen LogP) is 6.91. The van der Waals surface area contributed by atoms with Gasteiger partial charge in [-0.2, -0.15) is 0 Å². The molecule has 0 N–H and O–H groups in total. The number of esters is 3. The van der Waals surface area contributed by atoms with Crippen LogP contribution in [0.4, 0.5) is 0 Å². The molecule has 4 rings (SSSR count). The highest BCUT2D eigenvalue weighted by molar-refractivity contribution is 9.11. The van der Waals surface area contributed by atoms with Gasteiger partial charge in [-0.05, 0) is 63.5 Å². The summed E-state index contributed by atoms with van der Waals surface area (Å²) in [6.45, 7) is 0. The van der Waals surface area contributed by atoms with E-state index in [1.165, 1.54) is 32.7 Å². The van der Waals surface area contributed by atoms with Gasteiger partial charge in [-0.3, -0.25) is 9.59 Å². The van der Waals surface area contributed by atoms with Crippen LogP contribution in [0.2, 0.25) is 0 Å². The Bertz CT molecular complexity index is 1390. The van der Waals surface area contributed by atoms with Gasteiger partial charge in [-0.15, -0.1) is 45.3 Å². The molecular formula is C24H19BrO6S4. The number of halogens is 1. The van der Waals surface area contributed by atoms with Crippen molar-refractivity contribution >= 4 is 79.2 Å². The number of ether oxygens (including phenoxy) is 3. The van der Waals surface area contributed by atoms with Crippen molar-refractivity contribution in [2.24, 2.45) is 0 Å². The van der Waals surface area contributed by atoms with Crippen LogP contribution >= 0.6 is 61.3 Å². The van der Waals surface area contributed by atoms with Gasteiger partial charge in [0.05, 0.1) is 38.0 Å². The summed E-state index contributed by atoms with van der Waals surface area (Å²) in [6, 6.07) is 11.6. The molecule has 0 saturated heterocycles. The Labute approximate surface area is 226 Å². The van der Waals surface area contributed by atoms with Crippen LogP contribution in [0.15, 0.2) is 40.2 Å². The third-order valence-corrected chi connectivity index (χ3v) is 10.6. The van der Waals surface area contributed by atoms with Crippen molar-refractivity contribution in [3.63, 3.8) is 0 Å². The zero-order valence-corrected chi connectivity index (χ0v) is 23.7. The molecule has 0 aliphatic heterocycles. The van der Waals surface area contributed by atoms with Gasteiger partial charge in [0, 0.05) is 29.3 Å². The van der Waals surface area contributed by atoms with E-state index < -0.39 is 0 Å². The zero-order chi connectivity index (χ0) is 25.1. The molecule has 4 aromatic rings. The molecule has 0 unspecified atom stereocenters. The molecule has 0 aromatic carbocycles. The van der Waals surface area contributed by atoms with E-state index in [1.54, 1.807) is 40.1 Å². The van der Waals surface area contributed by atoms with Crippen LogP contribution < -0.4 is 0 Å². The maximum atomic E-state index is 12.1. The van der Waals surface area contributed by atoms with Gasteiger partial charge in [-0.25, -0.2) is 4.79 Å². The first-order valence-corrected chi connectivity index (χ1v) is 14.2. The van der Waals surface area contributed by atoms with Crippen molar-refractivity contribution in [3.05, 3.63) is 56.2 Å². The van der Waals surface area contributed by atoms with E-state index in [2.05, 4.69) is 15.9 Å². The molecule has 0 aliphatic carbocycles. The first-order chi connectivity index (χ1) is 16.8. The second-order valence-corrected chi connectivity index (χ2v) is 12.8. The van der Waals surface area contributed by atoms with Crippen molar-refractivity contribution < 1.29 is 28.6 Å². The van der Waals surface area contributed by atoms with Gasteiger partial charge >= 0.3 is 17.9 Å². The lowest BCUT2D eigenvalue weighted by Gasteiger charge is -2.01. The number of carbonyl (C=O) groups excluding carboxylic acids is 3. The molecule has 6 nitrogen and oxygen atoms in total. The standard InChI is InChI=1S/C24H19BrO6S4/c1-29-20(26)10-12-8-18(14-4-7-17(32-14)24(28)31-3)34-22(12)15-5-6-16(33-15)23-13(9-19(25)35-23)11-21(27)30-2/h4-9H,10-11H2,1-3H3. The van der Waals surface area contributed by atoms with Crippen molar-refractivity contribution in [2.75, 3.05) is 21.3 Å². The number of carbonyl (C=O) groups is 3. The largest absolute Gasteiger partial charge is 0.469 e. The molecule has 35 heavy (non-hydrogen) atoms. The van der Waals surface area contributed by atoms with Crippen molar-refractivity contribution in [1.82, 2.24) is 0 Å². The summed E-state index contributed by atoms with van der Waals surface area (Å²) in [5.74, 6) is -0.990. The summed E-state index contributed by atoms with van der Waals surface area (Å²) in [6.07, 6.45) is 0.335. The maximum Gasteiger partial charge on any atom is 0.348 e. The highest BCUT2D eigenvalue weighted by Gasteiger charge is 2.21. The lowest BCUT2D eigenvalue weighted by Crippen LogP contribution is -2.04. The van der Waals surface area contributed by atoms with Crippen LogP contribution in [-0.4, -0.2) is 39.2 Å². The highest BCUT2D eigenvalue weighted by atomic mass is 79.9. The summed E-state index contributed by atoms with van der Waals surface area (Å²) in [5.41, 5.74) is 1.76. The monoisotopic (exact) mass is 610 g/mol. The van der Waals surface area contributed by atoms with E-state index in [0.717, 1.165) is 44.2 Å². The number of methoxy groups -OCH3 is 3.